The maximum atomic E-state index is 14.1. The average molecular weight is 424 g/mol. The summed E-state index contributed by atoms with van der Waals surface area (Å²) in [6, 6.07) is 5.29. The lowest BCUT2D eigenvalue weighted by Crippen LogP contribution is -2.51. The summed E-state index contributed by atoms with van der Waals surface area (Å²) in [4.78, 5) is 6.95. The van der Waals surface area contributed by atoms with Gasteiger partial charge in [-0.25, -0.2) is 4.39 Å². The molecular weight excluding hydrogens is 400 g/mol. The highest BCUT2D eigenvalue weighted by Gasteiger charge is 2.56. The molecule has 1 aromatic carbocycles. The van der Waals surface area contributed by atoms with Crippen LogP contribution < -0.4 is 4.74 Å². The Morgan fingerprint density at radius 1 is 1.13 bits per heavy atom. The summed E-state index contributed by atoms with van der Waals surface area (Å²) in [7, 11) is 1.36. The second-order valence-electron chi connectivity index (χ2n) is 8.32. The number of aromatic amines is 1. The number of aliphatic hydroxyl groups is 1. The average Bonchev–Trinajstić information content (AvgIpc) is 3.04. The van der Waals surface area contributed by atoms with Gasteiger partial charge in [-0.2, -0.15) is 13.2 Å². The molecule has 0 amide bonds. The number of rotatable bonds is 6. The summed E-state index contributed by atoms with van der Waals surface area (Å²) < 4.78 is 61.2. The third kappa shape index (κ3) is 4.14. The Kier molecular flexibility index (Phi) is 5.58. The molecule has 8 heteroatoms. The molecule has 2 aromatic heterocycles. The molecule has 0 radical (unpaired) electrons. The number of pyridine rings is 1. The molecule has 0 spiro atoms. The zero-order chi connectivity index (χ0) is 22.3. The number of nitrogens with one attached hydrogen (secondary N) is 1. The number of aryl methyl sites for hydroxylation is 1. The van der Waals surface area contributed by atoms with Crippen molar-refractivity contribution in [1.82, 2.24) is 9.97 Å². The van der Waals surface area contributed by atoms with Gasteiger partial charge in [-0.3, -0.25) is 4.98 Å². The van der Waals surface area contributed by atoms with E-state index in [1.165, 1.54) is 39.3 Å². The van der Waals surface area contributed by atoms with Crippen LogP contribution >= 0.6 is 0 Å². The first kappa shape index (κ1) is 22.1. The van der Waals surface area contributed by atoms with E-state index < -0.39 is 35.9 Å². The maximum absolute atomic E-state index is 14.1. The summed E-state index contributed by atoms with van der Waals surface area (Å²) in [6.45, 7) is 4.86. The third-order valence-corrected chi connectivity index (χ3v) is 5.44. The number of methoxy groups -OCH3 is 1. The number of fused-ring (bicyclic) bond motifs is 1. The number of ether oxygens (including phenoxy) is 1. The van der Waals surface area contributed by atoms with Crippen molar-refractivity contribution in [3.8, 4) is 5.75 Å². The number of H-pyrrole nitrogens is 1. The quantitative estimate of drug-likeness (QED) is 0.533. The molecule has 0 aliphatic rings. The van der Waals surface area contributed by atoms with Crippen LogP contribution in [0, 0.1) is 12.7 Å². The minimum Gasteiger partial charge on any atom is -0.496 e. The zero-order valence-corrected chi connectivity index (χ0v) is 17.2. The molecular formula is C22H24F4N2O2. The van der Waals surface area contributed by atoms with Crippen LogP contribution in [0.25, 0.3) is 10.9 Å². The van der Waals surface area contributed by atoms with Crippen LogP contribution in [0.1, 0.15) is 37.1 Å². The van der Waals surface area contributed by atoms with Crippen LogP contribution in [0.2, 0.25) is 0 Å². The van der Waals surface area contributed by atoms with E-state index in [1.54, 1.807) is 12.3 Å². The Bertz CT molecular complexity index is 1060. The smallest absolute Gasteiger partial charge is 0.417 e. The molecule has 3 rings (SSSR count). The molecule has 0 aliphatic heterocycles. The van der Waals surface area contributed by atoms with E-state index in [-0.39, 0.29) is 17.0 Å². The minimum atomic E-state index is -4.91. The van der Waals surface area contributed by atoms with Crippen molar-refractivity contribution >= 4 is 10.9 Å². The van der Waals surface area contributed by atoms with E-state index in [0.29, 0.717) is 5.52 Å². The summed E-state index contributed by atoms with van der Waals surface area (Å²) in [5, 5.41) is 11.6. The molecule has 0 fully saturated rings. The Morgan fingerprint density at radius 3 is 2.43 bits per heavy atom. The lowest BCUT2D eigenvalue weighted by Gasteiger charge is -2.38. The monoisotopic (exact) mass is 424 g/mol. The van der Waals surface area contributed by atoms with Crippen LogP contribution in [0.5, 0.6) is 5.75 Å². The van der Waals surface area contributed by atoms with E-state index in [0.717, 1.165) is 17.0 Å². The van der Waals surface area contributed by atoms with Crippen molar-refractivity contribution in [2.75, 3.05) is 7.11 Å². The highest BCUT2D eigenvalue weighted by Crippen LogP contribution is 2.45. The zero-order valence-electron chi connectivity index (χ0n) is 17.2. The highest BCUT2D eigenvalue weighted by atomic mass is 19.4. The SMILES string of the molecule is COc1ccc(F)cc1C(C)(C)CC(O)(Cc1cc2c(C)cncc2[nH]1)C(F)(F)F. The van der Waals surface area contributed by atoms with Crippen LogP contribution in [0.3, 0.4) is 0 Å². The van der Waals surface area contributed by atoms with Gasteiger partial charge in [0.15, 0.2) is 5.60 Å². The summed E-state index contributed by atoms with van der Waals surface area (Å²) >= 11 is 0. The third-order valence-electron chi connectivity index (χ3n) is 5.44. The van der Waals surface area contributed by atoms with Crippen molar-refractivity contribution in [3.05, 3.63) is 59.3 Å². The van der Waals surface area contributed by atoms with E-state index in [4.69, 9.17) is 4.74 Å². The van der Waals surface area contributed by atoms with Crippen LogP contribution in [-0.2, 0) is 11.8 Å². The largest absolute Gasteiger partial charge is 0.496 e. The molecule has 1 unspecified atom stereocenters. The lowest BCUT2D eigenvalue weighted by atomic mass is 9.73. The van der Waals surface area contributed by atoms with Crippen molar-refractivity contribution in [1.29, 1.82) is 0 Å². The molecule has 3 aromatic rings. The van der Waals surface area contributed by atoms with Gasteiger partial charge in [0.1, 0.15) is 11.6 Å². The van der Waals surface area contributed by atoms with Crippen LogP contribution in [0.4, 0.5) is 17.6 Å². The minimum absolute atomic E-state index is 0.239. The van der Waals surface area contributed by atoms with Gasteiger partial charge >= 0.3 is 6.18 Å². The van der Waals surface area contributed by atoms with Gasteiger partial charge in [0, 0.05) is 29.3 Å². The first-order valence-corrected chi connectivity index (χ1v) is 9.42. The predicted molar refractivity (Wildman–Crippen MR) is 106 cm³/mol. The van der Waals surface area contributed by atoms with Crippen molar-refractivity contribution in [2.45, 2.75) is 50.8 Å². The second-order valence-corrected chi connectivity index (χ2v) is 8.32. The molecule has 0 saturated heterocycles. The normalized spacial score (nSPS) is 14.7. The molecule has 0 saturated carbocycles. The van der Waals surface area contributed by atoms with Gasteiger partial charge in [-0.05, 0) is 48.6 Å². The van der Waals surface area contributed by atoms with E-state index in [2.05, 4.69) is 9.97 Å². The molecule has 2 heterocycles. The molecule has 4 nitrogen and oxygen atoms in total. The van der Waals surface area contributed by atoms with Gasteiger partial charge in [-0.15, -0.1) is 0 Å². The van der Waals surface area contributed by atoms with Gasteiger partial charge in [0.2, 0.25) is 0 Å². The summed E-state index contributed by atoms with van der Waals surface area (Å²) in [5.41, 5.74) is -2.37. The molecule has 0 aliphatic carbocycles. The fourth-order valence-corrected chi connectivity index (χ4v) is 3.96. The Hall–Kier alpha value is -2.61. The second kappa shape index (κ2) is 7.58. The first-order valence-electron chi connectivity index (χ1n) is 9.42. The van der Waals surface area contributed by atoms with Gasteiger partial charge in [0.25, 0.3) is 0 Å². The molecule has 162 valence electrons. The Labute approximate surface area is 171 Å². The maximum Gasteiger partial charge on any atom is 0.417 e. The van der Waals surface area contributed by atoms with E-state index in [9.17, 15) is 22.7 Å². The molecule has 1 atom stereocenters. The molecule has 30 heavy (non-hydrogen) atoms. The van der Waals surface area contributed by atoms with Crippen molar-refractivity contribution in [3.63, 3.8) is 0 Å². The van der Waals surface area contributed by atoms with Gasteiger partial charge in [0.05, 0.1) is 18.8 Å². The standard InChI is InChI=1S/C22H24F4N2O2/c1-13-10-27-11-18-16(13)8-15(28-18)9-21(29,22(24,25)26)12-20(2,3)17-7-14(23)5-6-19(17)30-4/h5-8,10-11,28-29H,9,12H2,1-4H3. The van der Waals surface area contributed by atoms with Crippen LogP contribution in [-0.4, -0.2) is 34.0 Å². The van der Waals surface area contributed by atoms with E-state index in [1.807, 2.05) is 6.92 Å². The number of aromatic nitrogens is 2. The lowest BCUT2D eigenvalue weighted by molar-refractivity contribution is -0.266. The Balaban J connectivity index is 2.01. The fourth-order valence-electron chi connectivity index (χ4n) is 3.96. The fraction of sp³-hybridized carbons (Fsp3) is 0.409. The molecule has 2 N–H and O–H groups in total. The highest BCUT2D eigenvalue weighted by molar-refractivity contribution is 5.82. The van der Waals surface area contributed by atoms with Gasteiger partial charge in [-0.1, -0.05) is 13.8 Å². The molecule has 0 bridgehead atoms. The van der Waals surface area contributed by atoms with Crippen molar-refractivity contribution in [2.24, 2.45) is 0 Å². The van der Waals surface area contributed by atoms with Crippen molar-refractivity contribution < 1.29 is 27.4 Å². The number of nitrogens with zero attached hydrogens (tertiary/aromatic N) is 1. The number of alkyl halides is 3. The topological polar surface area (TPSA) is 58.1 Å². The number of benzene rings is 1. The van der Waals surface area contributed by atoms with E-state index >= 15 is 0 Å². The number of halogens is 4. The van der Waals surface area contributed by atoms with Crippen LogP contribution in [0.15, 0.2) is 36.7 Å². The number of hydrogen-bond acceptors (Lipinski definition) is 3. The predicted octanol–water partition coefficient (Wildman–Crippen LogP) is 5.22. The Morgan fingerprint density at radius 2 is 1.83 bits per heavy atom. The van der Waals surface area contributed by atoms with Gasteiger partial charge < -0.3 is 14.8 Å². The number of hydrogen-bond donors (Lipinski definition) is 2. The summed E-state index contributed by atoms with van der Waals surface area (Å²) in [6.07, 6.45) is -3.12. The first-order chi connectivity index (χ1) is 13.9. The summed E-state index contributed by atoms with van der Waals surface area (Å²) in [5.74, 6) is -0.328.